The Kier molecular flexibility index (Phi) is 4.94. The molecule has 0 saturated carbocycles. The molecule has 1 atom stereocenters. The van der Waals surface area contributed by atoms with E-state index in [4.69, 9.17) is 0 Å². The van der Waals surface area contributed by atoms with Crippen LogP contribution in [-0.4, -0.2) is 60.5 Å². The highest BCUT2D eigenvalue weighted by atomic mass is 16.2. The van der Waals surface area contributed by atoms with E-state index in [1.54, 1.807) is 0 Å². The molecule has 3 saturated heterocycles. The maximum atomic E-state index is 12.5. The summed E-state index contributed by atoms with van der Waals surface area (Å²) in [5, 5.41) is 3.39. The lowest BCUT2D eigenvalue weighted by Gasteiger charge is -2.41. The monoisotopic (exact) mass is 279 g/mol. The molecule has 0 aliphatic carbocycles. The molecule has 1 N–H and O–H groups in total. The lowest BCUT2D eigenvalue weighted by molar-refractivity contribution is -0.135. The molecule has 3 fully saturated rings. The highest BCUT2D eigenvalue weighted by Crippen LogP contribution is 2.22. The standard InChI is InChI=1S/C16H29N3O/c20-16(15-6-2-3-9-17-15)19-12-7-14(8-13-19)18-10-4-1-5-11-18/h14-15,17H,1-13H2. The van der Waals surface area contributed by atoms with Gasteiger partial charge >= 0.3 is 0 Å². The van der Waals surface area contributed by atoms with Gasteiger partial charge < -0.3 is 15.1 Å². The molecular formula is C16H29N3O. The van der Waals surface area contributed by atoms with Gasteiger partial charge in [-0.05, 0) is 58.2 Å². The van der Waals surface area contributed by atoms with Gasteiger partial charge in [-0.15, -0.1) is 0 Å². The molecule has 20 heavy (non-hydrogen) atoms. The van der Waals surface area contributed by atoms with Crippen molar-refractivity contribution in [2.45, 2.75) is 63.5 Å². The van der Waals surface area contributed by atoms with Crippen LogP contribution in [0, 0.1) is 0 Å². The molecular weight excluding hydrogens is 250 g/mol. The molecule has 1 unspecified atom stereocenters. The molecule has 0 bridgehead atoms. The summed E-state index contributed by atoms with van der Waals surface area (Å²) in [7, 11) is 0. The molecule has 114 valence electrons. The molecule has 0 aromatic rings. The third-order valence-electron chi connectivity index (χ3n) is 5.29. The Labute approximate surface area is 122 Å². The summed E-state index contributed by atoms with van der Waals surface area (Å²) < 4.78 is 0. The van der Waals surface area contributed by atoms with Crippen molar-refractivity contribution in [1.82, 2.24) is 15.1 Å². The minimum Gasteiger partial charge on any atom is -0.341 e. The molecule has 4 nitrogen and oxygen atoms in total. The van der Waals surface area contributed by atoms with Crippen molar-refractivity contribution >= 4 is 5.91 Å². The van der Waals surface area contributed by atoms with Gasteiger partial charge in [-0.2, -0.15) is 0 Å². The Bertz CT molecular complexity index is 314. The second-order valence-electron chi connectivity index (χ2n) is 6.66. The van der Waals surface area contributed by atoms with Crippen LogP contribution in [0.3, 0.4) is 0 Å². The topological polar surface area (TPSA) is 35.6 Å². The summed E-state index contributed by atoms with van der Waals surface area (Å²) in [5.74, 6) is 0.363. The molecule has 4 heteroatoms. The van der Waals surface area contributed by atoms with Crippen molar-refractivity contribution in [2.24, 2.45) is 0 Å². The first kappa shape index (κ1) is 14.3. The number of likely N-dealkylation sites (tertiary alicyclic amines) is 2. The number of carbonyl (C=O) groups is 1. The van der Waals surface area contributed by atoms with E-state index in [2.05, 4.69) is 15.1 Å². The number of amides is 1. The van der Waals surface area contributed by atoms with Crippen LogP contribution in [-0.2, 0) is 4.79 Å². The Hall–Kier alpha value is -0.610. The Morgan fingerprint density at radius 2 is 1.60 bits per heavy atom. The fourth-order valence-corrected chi connectivity index (χ4v) is 4.02. The first-order valence-corrected chi connectivity index (χ1v) is 8.61. The average Bonchev–Trinajstić information content (AvgIpc) is 2.56. The lowest BCUT2D eigenvalue weighted by atomic mass is 9.98. The molecule has 0 spiro atoms. The van der Waals surface area contributed by atoms with E-state index in [9.17, 15) is 4.79 Å². The predicted molar refractivity (Wildman–Crippen MR) is 80.7 cm³/mol. The highest BCUT2D eigenvalue weighted by Gasteiger charge is 2.31. The number of hydrogen-bond acceptors (Lipinski definition) is 3. The van der Waals surface area contributed by atoms with E-state index in [1.807, 2.05) is 0 Å². The minimum atomic E-state index is 0.107. The molecule has 0 aromatic carbocycles. The largest absolute Gasteiger partial charge is 0.341 e. The molecule has 3 aliphatic rings. The summed E-state index contributed by atoms with van der Waals surface area (Å²) in [6.45, 7) is 5.52. The van der Waals surface area contributed by atoms with E-state index in [0.717, 1.165) is 32.1 Å². The van der Waals surface area contributed by atoms with Crippen molar-refractivity contribution in [3.63, 3.8) is 0 Å². The van der Waals surface area contributed by atoms with Crippen molar-refractivity contribution < 1.29 is 4.79 Å². The number of carbonyl (C=O) groups excluding carboxylic acids is 1. The van der Waals surface area contributed by atoms with Crippen molar-refractivity contribution in [2.75, 3.05) is 32.7 Å². The first-order chi connectivity index (χ1) is 9.84. The molecule has 0 radical (unpaired) electrons. The number of piperidine rings is 3. The summed E-state index contributed by atoms with van der Waals surface area (Å²) in [6.07, 6.45) is 9.95. The van der Waals surface area contributed by atoms with Crippen LogP contribution in [0.4, 0.5) is 0 Å². The predicted octanol–water partition coefficient (Wildman–Crippen LogP) is 1.61. The van der Waals surface area contributed by atoms with Gasteiger partial charge in [-0.25, -0.2) is 0 Å². The van der Waals surface area contributed by atoms with Crippen LogP contribution in [0.5, 0.6) is 0 Å². The maximum absolute atomic E-state index is 12.5. The third kappa shape index (κ3) is 3.34. The smallest absolute Gasteiger partial charge is 0.239 e. The Balaban J connectivity index is 1.46. The number of rotatable bonds is 2. The molecule has 3 rings (SSSR count). The SMILES string of the molecule is O=C(C1CCCCN1)N1CCC(N2CCCCC2)CC1. The Morgan fingerprint density at radius 3 is 2.25 bits per heavy atom. The van der Waals surface area contributed by atoms with Gasteiger partial charge in [0, 0.05) is 19.1 Å². The highest BCUT2D eigenvalue weighted by molar-refractivity contribution is 5.82. The lowest BCUT2D eigenvalue weighted by Crippen LogP contribution is -2.53. The normalized spacial score (nSPS) is 30.4. The molecule has 3 aliphatic heterocycles. The first-order valence-electron chi connectivity index (χ1n) is 8.61. The zero-order valence-electron chi connectivity index (χ0n) is 12.6. The number of hydrogen-bond donors (Lipinski definition) is 1. The van der Waals surface area contributed by atoms with Crippen LogP contribution in [0.2, 0.25) is 0 Å². The quantitative estimate of drug-likeness (QED) is 0.834. The van der Waals surface area contributed by atoms with Gasteiger partial charge in [0.1, 0.15) is 0 Å². The van der Waals surface area contributed by atoms with E-state index < -0.39 is 0 Å². The number of nitrogens with zero attached hydrogens (tertiary/aromatic N) is 2. The van der Waals surface area contributed by atoms with Crippen LogP contribution in [0.15, 0.2) is 0 Å². The molecule has 3 heterocycles. The zero-order chi connectivity index (χ0) is 13.8. The minimum absolute atomic E-state index is 0.107. The van der Waals surface area contributed by atoms with E-state index in [1.165, 1.54) is 58.0 Å². The maximum Gasteiger partial charge on any atom is 0.239 e. The van der Waals surface area contributed by atoms with E-state index in [-0.39, 0.29) is 6.04 Å². The number of nitrogens with one attached hydrogen (secondary N) is 1. The second kappa shape index (κ2) is 6.90. The van der Waals surface area contributed by atoms with Crippen molar-refractivity contribution in [1.29, 1.82) is 0 Å². The van der Waals surface area contributed by atoms with E-state index >= 15 is 0 Å². The van der Waals surface area contributed by atoms with Gasteiger partial charge in [-0.1, -0.05) is 12.8 Å². The summed E-state index contributed by atoms with van der Waals surface area (Å²) >= 11 is 0. The van der Waals surface area contributed by atoms with Crippen LogP contribution >= 0.6 is 0 Å². The second-order valence-corrected chi connectivity index (χ2v) is 6.66. The van der Waals surface area contributed by atoms with Gasteiger partial charge in [0.05, 0.1) is 6.04 Å². The van der Waals surface area contributed by atoms with Crippen molar-refractivity contribution in [3.8, 4) is 0 Å². The summed E-state index contributed by atoms with van der Waals surface area (Å²) in [4.78, 5) is 17.3. The van der Waals surface area contributed by atoms with Crippen LogP contribution in [0.25, 0.3) is 0 Å². The zero-order valence-corrected chi connectivity index (χ0v) is 12.6. The van der Waals surface area contributed by atoms with Gasteiger partial charge in [0.2, 0.25) is 5.91 Å². The fraction of sp³-hybridized carbons (Fsp3) is 0.938. The molecule has 0 aromatic heterocycles. The average molecular weight is 279 g/mol. The van der Waals surface area contributed by atoms with Gasteiger partial charge in [-0.3, -0.25) is 4.79 Å². The molecule has 1 amide bonds. The fourth-order valence-electron chi connectivity index (χ4n) is 4.02. The van der Waals surface area contributed by atoms with Gasteiger partial charge in [0.25, 0.3) is 0 Å². The van der Waals surface area contributed by atoms with Crippen LogP contribution < -0.4 is 5.32 Å². The van der Waals surface area contributed by atoms with E-state index in [0.29, 0.717) is 5.91 Å². The Morgan fingerprint density at radius 1 is 0.850 bits per heavy atom. The summed E-state index contributed by atoms with van der Waals surface area (Å²) in [6, 6.07) is 0.842. The third-order valence-corrected chi connectivity index (χ3v) is 5.29. The van der Waals surface area contributed by atoms with Crippen LogP contribution in [0.1, 0.15) is 51.4 Å². The van der Waals surface area contributed by atoms with Gasteiger partial charge in [0.15, 0.2) is 0 Å². The van der Waals surface area contributed by atoms with Crippen molar-refractivity contribution in [3.05, 3.63) is 0 Å². The summed E-state index contributed by atoms with van der Waals surface area (Å²) in [5.41, 5.74) is 0.